The summed E-state index contributed by atoms with van der Waals surface area (Å²) in [6.07, 6.45) is 7.48. The molecule has 0 bridgehead atoms. The lowest BCUT2D eigenvalue weighted by atomic mass is 9.97. The third kappa shape index (κ3) is 8.12. The standard InChI is InChI=1S/C14H31NO/c1-4-7-10-14(13-16)11-8-9-12-15(5-2)6-3/h14,16H,4-13H2,1-3H3/t14-/m0/s1. The summed E-state index contributed by atoms with van der Waals surface area (Å²) in [5.74, 6) is 0.552. The van der Waals surface area contributed by atoms with Gasteiger partial charge in [-0.05, 0) is 44.8 Å². The van der Waals surface area contributed by atoms with Crippen molar-refractivity contribution >= 4 is 0 Å². The molecule has 2 nitrogen and oxygen atoms in total. The molecule has 0 heterocycles. The number of unbranched alkanes of at least 4 members (excludes halogenated alkanes) is 2. The predicted octanol–water partition coefficient (Wildman–Crippen LogP) is 3.30. The Morgan fingerprint density at radius 1 is 0.938 bits per heavy atom. The molecule has 0 amide bonds. The Balaban J connectivity index is 3.46. The lowest BCUT2D eigenvalue weighted by molar-refractivity contribution is 0.202. The van der Waals surface area contributed by atoms with Crippen molar-refractivity contribution < 1.29 is 5.11 Å². The lowest BCUT2D eigenvalue weighted by Gasteiger charge is -2.18. The van der Waals surface area contributed by atoms with Gasteiger partial charge in [0.15, 0.2) is 0 Å². The summed E-state index contributed by atoms with van der Waals surface area (Å²) >= 11 is 0. The highest BCUT2D eigenvalue weighted by molar-refractivity contribution is 4.60. The van der Waals surface area contributed by atoms with Crippen molar-refractivity contribution in [2.75, 3.05) is 26.2 Å². The van der Waals surface area contributed by atoms with Gasteiger partial charge in [-0.25, -0.2) is 0 Å². The molecule has 0 saturated heterocycles. The molecular formula is C14H31NO. The Bertz CT molecular complexity index is 135. The van der Waals surface area contributed by atoms with E-state index in [2.05, 4.69) is 25.7 Å². The van der Waals surface area contributed by atoms with Crippen molar-refractivity contribution in [3.05, 3.63) is 0 Å². The third-order valence-corrected chi connectivity index (χ3v) is 3.46. The average molecular weight is 229 g/mol. The zero-order valence-electron chi connectivity index (χ0n) is 11.5. The van der Waals surface area contributed by atoms with Crippen LogP contribution in [0.2, 0.25) is 0 Å². The molecule has 0 fully saturated rings. The van der Waals surface area contributed by atoms with Gasteiger partial charge in [0.2, 0.25) is 0 Å². The Kier molecular flexibility index (Phi) is 11.3. The predicted molar refractivity (Wildman–Crippen MR) is 71.7 cm³/mol. The summed E-state index contributed by atoms with van der Waals surface area (Å²) in [5.41, 5.74) is 0. The first kappa shape index (κ1) is 15.9. The largest absolute Gasteiger partial charge is 0.396 e. The molecule has 0 aliphatic rings. The molecule has 0 aromatic rings. The zero-order valence-corrected chi connectivity index (χ0v) is 11.5. The first-order valence-electron chi connectivity index (χ1n) is 7.11. The summed E-state index contributed by atoms with van der Waals surface area (Å²) in [4.78, 5) is 2.47. The fraction of sp³-hybridized carbons (Fsp3) is 1.00. The maximum absolute atomic E-state index is 9.24. The maximum atomic E-state index is 9.24. The van der Waals surface area contributed by atoms with Crippen LogP contribution in [0.15, 0.2) is 0 Å². The number of aliphatic hydroxyl groups is 1. The van der Waals surface area contributed by atoms with Crippen LogP contribution in [0.1, 0.15) is 59.3 Å². The minimum atomic E-state index is 0.380. The number of hydrogen-bond acceptors (Lipinski definition) is 2. The monoisotopic (exact) mass is 229 g/mol. The summed E-state index contributed by atoms with van der Waals surface area (Å²) in [6, 6.07) is 0. The molecule has 0 aromatic heterocycles. The normalized spacial score (nSPS) is 13.3. The van der Waals surface area contributed by atoms with Gasteiger partial charge < -0.3 is 10.0 Å². The first-order chi connectivity index (χ1) is 7.78. The van der Waals surface area contributed by atoms with E-state index in [0.717, 1.165) is 13.1 Å². The molecule has 0 unspecified atom stereocenters. The highest BCUT2D eigenvalue weighted by Crippen LogP contribution is 2.15. The Labute approximate surface area is 102 Å². The second kappa shape index (κ2) is 11.4. The van der Waals surface area contributed by atoms with Crippen LogP contribution >= 0.6 is 0 Å². The van der Waals surface area contributed by atoms with Gasteiger partial charge in [0, 0.05) is 6.61 Å². The topological polar surface area (TPSA) is 23.5 Å². The molecule has 1 atom stereocenters. The first-order valence-corrected chi connectivity index (χ1v) is 7.11. The Morgan fingerprint density at radius 2 is 1.56 bits per heavy atom. The molecule has 1 N–H and O–H groups in total. The van der Waals surface area contributed by atoms with Crippen molar-refractivity contribution in [3.8, 4) is 0 Å². The number of nitrogens with zero attached hydrogens (tertiary/aromatic N) is 1. The second-order valence-corrected chi connectivity index (χ2v) is 4.71. The molecule has 0 aliphatic heterocycles. The number of hydrogen-bond donors (Lipinski definition) is 1. The highest BCUT2D eigenvalue weighted by Gasteiger charge is 2.06. The van der Waals surface area contributed by atoms with E-state index in [4.69, 9.17) is 0 Å². The molecule has 0 radical (unpaired) electrons. The summed E-state index contributed by atoms with van der Waals surface area (Å²) < 4.78 is 0. The molecule has 0 aromatic carbocycles. The quantitative estimate of drug-likeness (QED) is 0.550. The van der Waals surface area contributed by atoms with Gasteiger partial charge >= 0.3 is 0 Å². The van der Waals surface area contributed by atoms with Gasteiger partial charge in [0.1, 0.15) is 0 Å². The molecule has 2 heteroatoms. The van der Waals surface area contributed by atoms with E-state index >= 15 is 0 Å². The van der Waals surface area contributed by atoms with Gasteiger partial charge in [0.25, 0.3) is 0 Å². The Morgan fingerprint density at radius 3 is 2.06 bits per heavy atom. The smallest absolute Gasteiger partial charge is 0.0459 e. The van der Waals surface area contributed by atoms with Crippen molar-refractivity contribution in [3.63, 3.8) is 0 Å². The van der Waals surface area contributed by atoms with Crippen molar-refractivity contribution in [1.82, 2.24) is 4.90 Å². The van der Waals surface area contributed by atoms with Crippen LogP contribution in [0.4, 0.5) is 0 Å². The summed E-state index contributed by atoms with van der Waals surface area (Å²) in [5, 5.41) is 9.24. The summed E-state index contributed by atoms with van der Waals surface area (Å²) in [7, 11) is 0. The van der Waals surface area contributed by atoms with Gasteiger partial charge in [-0.15, -0.1) is 0 Å². The average Bonchev–Trinajstić information content (AvgIpc) is 2.33. The van der Waals surface area contributed by atoms with Crippen LogP contribution in [0.25, 0.3) is 0 Å². The van der Waals surface area contributed by atoms with Gasteiger partial charge in [-0.3, -0.25) is 0 Å². The third-order valence-electron chi connectivity index (χ3n) is 3.46. The molecule has 0 aliphatic carbocycles. The van der Waals surface area contributed by atoms with Crippen molar-refractivity contribution in [2.24, 2.45) is 5.92 Å². The van der Waals surface area contributed by atoms with Gasteiger partial charge in [0.05, 0.1) is 0 Å². The van der Waals surface area contributed by atoms with E-state index in [0.29, 0.717) is 12.5 Å². The van der Waals surface area contributed by atoms with Crippen molar-refractivity contribution in [1.29, 1.82) is 0 Å². The van der Waals surface area contributed by atoms with E-state index in [1.54, 1.807) is 0 Å². The van der Waals surface area contributed by atoms with Crippen LogP contribution in [-0.4, -0.2) is 36.2 Å². The van der Waals surface area contributed by atoms with E-state index in [1.807, 2.05) is 0 Å². The van der Waals surface area contributed by atoms with Crippen LogP contribution in [0, 0.1) is 5.92 Å². The molecule has 0 spiro atoms. The second-order valence-electron chi connectivity index (χ2n) is 4.71. The fourth-order valence-corrected chi connectivity index (χ4v) is 2.13. The molecule has 16 heavy (non-hydrogen) atoms. The minimum absolute atomic E-state index is 0.380. The van der Waals surface area contributed by atoms with Crippen LogP contribution in [0.3, 0.4) is 0 Å². The number of aliphatic hydroxyl groups excluding tert-OH is 1. The van der Waals surface area contributed by atoms with Crippen LogP contribution < -0.4 is 0 Å². The summed E-state index contributed by atoms with van der Waals surface area (Å²) in [6.45, 7) is 10.6. The van der Waals surface area contributed by atoms with Gasteiger partial charge in [-0.2, -0.15) is 0 Å². The number of rotatable bonds is 11. The minimum Gasteiger partial charge on any atom is -0.396 e. The molecular weight excluding hydrogens is 198 g/mol. The fourth-order valence-electron chi connectivity index (χ4n) is 2.13. The van der Waals surface area contributed by atoms with E-state index in [-0.39, 0.29) is 0 Å². The molecule has 0 rings (SSSR count). The zero-order chi connectivity index (χ0) is 12.2. The van der Waals surface area contributed by atoms with Gasteiger partial charge in [-0.1, -0.05) is 40.0 Å². The molecule has 0 saturated carbocycles. The van der Waals surface area contributed by atoms with Crippen molar-refractivity contribution in [2.45, 2.75) is 59.3 Å². The lowest BCUT2D eigenvalue weighted by Crippen LogP contribution is -2.24. The van der Waals surface area contributed by atoms with E-state index in [9.17, 15) is 5.11 Å². The highest BCUT2D eigenvalue weighted by atomic mass is 16.3. The Hall–Kier alpha value is -0.0800. The molecule has 98 valence electrons. The van der Waals surface area contributed by atoms with E-state index in [1.165, 1.54) is 45.1 Å². The maximum Gasteiger partial charge on any atom is 0.0459 e. The van der Waals surface area contributed by atoms with Crippen LogP contribution in [-0.2, 0) is 0 Å². The SMILES string of the molecule is CCCC[C@H](CO)CCCCN(CC)CC. The van der Waals surface area contributed by atoms with Crippen LogP contribution in [0.5, 0.6) is 0 Å². The van der Waals surface area contributed by atoms with E-state index < -0.39 is 0 Å².